The van der Waals surface area contributed by atoms with Crippen molar-refractivity contribution in [2.75, 3.05) is 14.2 Å². The number of phenols is 1. The Morgan fingerprint density at radius 1 is 1.17 bits per heavy atom. The Labute approximate surface area is 139 Å². The van der Waals surface area contributed by atoms with Crippen LogP contribution in [0.3, 0.4) is 0 Å². The van der Waals surface area contributed by atoms with Crippen molar-refractivity contribution in [2.24, 2.45) is 17.4 Å². The molecule has 0 aliphatic rings. The number of hydrogen-bond donors (Lipinski definition) is 3. The lowest BCUT2D eigenvalue weighted by Crippen LogP contribution is -2.27. The number of aryl methyl sites for hydroxylation is 1. The number of aldehydes is 1. The van der Waals surface area contributed by atoms with Gasteiger partial charge in [0.2, 0.25) is 0 Å². The van der Waals surface area contributed by atoms with Gasteiger partial charge in [-0.25, -0.2) is 0 Å². The molecule has 0 saturated carbocycles. The smallest absolute Gasteiger partial charge is 0.292 e. The van der Waals surface area contributed by atoms with Gasteiger partial charge in [0, 0.05) is 0 Å². The Morgan fingerprint density at radius 2 is 1.61 bits per heavy atom. The van der Waals surface area contributed by atoms with Crippen LogP contribution in [-0.4, -0.2) is 38.1 Å². The lowest BCUT2D eigenvalue weighted by Gasteiger charge is -2.04. The Morgan fingerprint density at radius 3 is 1.83 bits per heavy atom. The number of carbonyl (C=O) groups excluding carboxylic acids is 2. The summed E-state index contributed by atoms with van der Waals surface area (Å²) in [7, 11) is 2.81. The maximum absolute atomic E-state index is 9.82. The molecule has 0 heterocycles. The van der Waals surface area contributed by atoms with Crippen LogP contribution in [0.25, 0.3) is 0 Å². The molecule has 1 atom stereocenters. The van der Waals surface area contributed by atoms with Crippen LogP contribution in [0.5, 0.6) is 5.75 Å². The molecule has 23 heavy (non-hydrogen) atoms. The lowest BCUT2D eigenvalue weighted by atomic mass is 10.1. The van der Waals surface area contributed by atoms with Crippen molar-refractivity contribution in [1.82, 2.24) is 0 Å². The second-order valence-corrected chi connectivity index (χ2v) is 4.71. The summed E-state index contributed by atoms with van der Waals surface area (Å²) in [5.74, 6) is 0.623. The van der Waals surface area contributed by atoms with E-state index in [4.69, 9.17) is 15.6 Å². The highest BCUT2D eigenvalue weighted by molar-refractivity contribution is 5.57. The Kier molecular flexibility index (Phi) is 22.7. The number of benzene rings is 1. The van der Waals surface area contributed by atoms with Crippen LogP contribution >= 0.6 is 0 Å². The second-order valence-electron chi connectivity index (χ2n) is 4.71. The third-order valence-electron chi connectivity index (χ3n) is 2.50. The topological polar surface area (TPSA) is 116 Å². The van der Waals surface area contributed by atoms with Crippen molar-refractivity contribution in [3.8, 4) is 5.75 Å². The van der Waals surface area contributed by atoms with Crippen molar-refractivity contribution in [1.29, 1.82) is 0 Å². The third-order valence-corrected chi connectivity index (χ3v) is 2.50. The first-order valence-electron chi connectivity index (χ1n) is 7.45. The van der Waals surface area contributed by atoms with E-state index in [0.717, 1.165) is 19.1 Å². The molecule has 1 rings (SSSR count). The molecule has 1 aromatic carbocycles. The minimum absolute atomic E-state index is 0.275. The van der Waals surface area contributed by atoms with Crippen LogP contribution in [-0.2, 0) is 20.7 Å². The summed E-state index contributed by atoms with van der Waals surface area (Å²) in [5, 5.41) is 8.92. The predicted octanol–water partition coefficient (Wildman–Crippen LogP) is 1.88. The largest absolute Gasteiger partial charge is 0.508 e. The summed E-state index contributed by atoms with van der Waals surface area (Å²) in [6, 6.07) is 7.09. The number of rotatable bonds is 5. The summed E-state index contributed by atoms with van der Waals surface area (Å²) in [4.78, 5) is 18.8. The molecule has 0 fully saturated rings. The molecule has 0 spiro atoms. The van der Waals surface area contributed by atoms with Gasteiger partial charge in [0.25, 0.3) is 6.47 Å². The highest BCUT2D eigenvalue weighted by Crippen LogP contribution is 2.10. The average Bonchev–Trinajstić information content (AvgIpc) is 2.59. The van der Waals surface area contributed by atoms with Gasteiger partial charge in [0.15, 0.2) is 0 Å². The van der Waals surface area contributed by atoms with Crippen LogP contribution in [0.1, 0.15) is 32.8 Å². The van der Waals surface area contributed by atoms with Gasteiger partial charge in [-0.15, -0.1) is 0 Å². The van der Waals surface area contributed by atoms with Crippen LogP contribution in [0.4, 0.5) is 0 Å². The van der Waals surface area contributed by atoms with E-state index in [-0.39, 0.29) is 12.0 Å². The van der Waals surface area contributed by atoms with Crippen LogP contribution < -0.4 is 11.5 Å². The molecule has 6 heteroatoms. The summed E-state index contributed by atoms with van der Waals surface area (Å²) < 4.78 is 3.86. The van der Waals surface area contributed by atoms with E-state index in [0.29, 0.717) is 12.2 Å². The SMILES string of the molecule is CC(C)C(N)C=O.CCCc1ccc(O)cc1.CN.COC=O. The van der Waals surface area contributed by atoms with E-state index in [9.17, 15) is 4.79 Å². The van der Waals surface area contributed by atoms with Crippen LogP contribution in [0.15, 0.2) is 24.3 Å². The van der Waals surface area contributed by atoms with E-state index < -0.39 is 0 Å². The zero-order chi connectivity index (χ0) is 18.7. The van der Waals surface area contributed by atoms with Gasteiger partial charge in [-0.05, 0) is 37.1 Å². The van der Waals surface area contributed by atoms with E-state index in [1.807, 2.05) is 26.0 Å². The molecule has 0 saturated heterocycles. The van der Waals surface area contributed by atoms with Gasteiger partial charge in [-0.3, -0.25) is 4.79 Å². The van der Waals surface area contributed by atoms with E-state index in [2.05, 4.69) is 17.4 Å². The number of nitrogens with two attached hydrogens (primary N) is 2. The number of carbonyl (C=O) groups is 2. The number of methoxy groups -OCH3 is 1. The van der Waals surface area contributed by atoms with Gasteiger partial charge in [0.05, 0.1) is 13.2 Å². The number of hydrogen-bond acceptors (Lipinski definition) is 6. The fourth-order valence-electron chi connectivity index (χ4n) is 1.11. The highest BCUT2D eigenvalue weighted by Gasteiger charge is 2.02. The molecule has 6 nitrogen and oxygen atoms in total. The minimum Gasteiger partial charge on any atom is -0.508 e. The lowest BCUT2D eigenvalue weighted by molar-refractivity contribution is -0.126. The van der Waals surface area contributed by atoms with Crippen LogP contribution in [0.2, 0.25) is 0 Å². The maximum Gasteiger partial charge on any atom is 0.292 e. The first kappa shape index (κ1) is 26.0. The van der Waals surface area contributed by atoms with Gasteiger partial charge < -0.3 is 26.1 Å². The van der Waals surface area contributed by atoms with Crippen molar-refractivity contribution < 1.29 is 19.4 Å². The van der Waals surface area contributed by atoms with E-state index in [1.54, 1.807) is 12.1 Å². The average molecular weight is 328 g/mol. The fourth-order valence-corrected chi connectivity index (χ4v) is 1.11. The third kappa shape index (κ3) is 20.1. The number of ether oxygens (including phenoxy) is 1. The summed E-state index contributed by atoms with van der Waals surface area (Å²) in [5.41, 5.74) is 11.0. The second kappa shape index (κ2) is 20.1. The summed E-state index contributed by atoms with van der Waals surface area (Å²) >= 11 is 0. The summed E-state index contributed by atoms with van der Waals surface area (Å²) in [6.45, 7) is 6.35. The highest BCUT2D eigenvalue weighted by atomic mass is 16.5. The molecule has 0 aliphatic heterocycles. The van der Waals surface area contributed by atoms with Crippen molar-refractivity contribution >= 4 is 12.8 Å². The summed E-state index contributed by atoms with van der Waals surface area (Å²) in [6.07, 6.45) is 3.02. The van der Waals surface area contributed by atoms with E-state index >= 15 is 0 Å². The van der Waals surface area contributed by atoms with Gasteiger partial charge >= 0.3 is 0 Å². The zero-order valence-corrected chi connectivity index (χ0v) is 14.9. The minimum atomic E-state index is -0.278. The molecule has 0 aromatic heterocycles. The first-order valence-corrected chi connectivity index (χ1v) is 7.45. The standard InChI is InChI=1S/C9H12O.C5H11NO.C2H4O2.CH5N/c1-2-3-8-4-6-9(10)7-5-8;1-4(2)5(6)3-7;1-4-2-3;1-2/h4-7,10H,2-3H2,1H3;3-5H,6H2,1-2H3;2H,1H3;2H2,1H3. The predicted molar refractivity (Wildman–Crippen MR) is 94.2 cm³/mol. The molecular weight excluding hydrogens is 296 g/mol. The van der Waals surface area contributed by atoms with Crippen molar-refractivity contribution in [3.05, 3.63) is 29.8 Å². The molecule has 0 radical (unpaired) electrons. The Balaban J connectivity index is -0.000000270. The normalized spacial score (nSPS) is 9.74. The van der Waals surface area contributed by atoms with Gasteiger partial charge in [-0.2, -0.15) is 0 Å². The van der Waals surface area contributed by atoms with Crippen LogP contribution in [0, 0.1) is 5.92 Å². The molecule has 0 aliphatic carbocycles. The molecule has 0 bridgehead atoms. The maximum atomic E-state index is 9.82. The van der Waals surface area contributed by atoms with Gasteiger partial charge in [0.1, 0.15) is 12.0 Å². The molecule has 0 amide bonds. The molecule has 5 N–H and O–H groups in total. The molecule has 1 aromatic rings. The van der Waals surface area contributed by atoms with Gasteiger partial charge in [-0.1, -0.05) is 39.3 Å². The van der Waals surface area contributed by atoms with E-state index in [1.165, 1.54) is 19.7 Å². The zero-order valence-electron chi connectivity index (χ0n) is 14.9. The Bertz CT molecular complexity index is 367. The van der Waals surface area contributed by atoms with Crippen molar-refractivity contribution in [2.45, 2.75) is 39.7 Å². The quantitative estimate of drug-likeness (QED) is 0.711. The number of aromatic hydroxyl groups is 1. The molecule has 1 unspecified atom stereocenters. The molecule has 134 valence electrons. The molecular formula is C17H32N2O4. The first-order chi connectivity index (χ1) is 10.9. The fraction of sp³-hybridized carbons (Fsp3) is 0.529. The Hall–Kier alpha value is -1.92. The monoisotopic (exact) mass is 328 g/mol. The number of phenolic OH excluding ortho intramolecular Hbond substituents is 1. The van der Waals surface area contributed by atoms with Crippen molar-refractivity contribution in [3.63, 3.8) is 0 Å².